The summed E-state index contributed by atoms with van der Waals surface area (Å²) in [4.78, 5) is 21.8. The Hall–Kier alpha value is -1.95. The molecule has 1 atom stereocenters. The van der Waals surface area contributed by atoms with E-state index in [9.17, 15) is 4.79 Å². The fraction of sp³-hybridized carbons (Fsp3) is 0.500. The first-order valence-corrected chi connectivity index (χ1v) is 6.87. The van der Waals surface area contributed by atoms with Gasteiger partial charge in [-0.05, 0) is 38.4 Å². The maximum Gasteiger partial charge on any atom is 0.273 e. The number of rotatable bonds is 2. The number of nitrogens with zero attached hydrogens (tertiary/aromatic N) is 2. The molecule has 0 bridgehead atoms. The van der Waals surface area contributed by atoms with Gasteiger partial charge in [-0.2, -0.15) is 0 Å². The number of nitrogens with one attached hydrogen (secondary N) is 2. The zero-order valence-corrected chi connectivity index (χ0v) is 11.5. The number of hydrogen-bond acceptors (Lipinski definition) is 5. The zero-order valence-electron chi connectivity index (χ0n) is 11.5. The van der Waals surface area contributed by atoms with E-state index >= 15 is 0 Å². The smallest absolute Gasteiger partial charge is 0.273 e. The molecule has 1 aromatic rings. The first kappa shape index (κ1) is 13.1. The molecule has 6 heteroatoms. The molecule has 6 nitrogen and oxygen atoms in total. The van der Waals surface area contributed by atoms with Crippen LogP contribution in [0.1, 0.15) is 25.0 Å². The summed E-state index contributed by atoms with van der Waals surface area (Å²) in [7, 11) is 0. The third kappa shape index (κ3) is 2.65. The van der Waals surface area contributed by atoms with Crippen LogP contribution in [-0.4, -0.2) is 35.3 Å². The van der Waals surface area contributed by atoms with E-state index in [2.05, 4.69) is 20.8 Å². The Morgan fingerprint density at radius 1 is 1.50 bits per heavy atom. The lowest BCUT2D eigenvalue weighted by Crippen LogP contribution is -2.46. The second-order valence-electron chi connectivity index (χ2n) is 5.41. The van der Waals surface area contributed by atoms with Crippen molar-refractivity contribution < 1.29 is 9.63 Å². The minimum Gasteiger partial charge on any atom is -0.387 e. The topological polar surface area (TPSA) is 75.6 Å². The maximum absolute atomic E-state index is 12.2. The van der Waals surface area contributed by atoms with Crippen LogP contribution in [0, 0.1) is 6.92 Å². The summed E-state index contributed by atoms with van der Waals surface area (Å²) in [6.07, 6.45) is 4.19. The number of piperidine rings is 1. The zero-order chi connectivity index (χ0) is 14.0. The molecule has 1 unspecified atom stereocenters. The minimum atomic E-state index is -0.323. The van der Waals surface area contributed by atoms with Gasteiger partial charge in [0.2, 0.25) is 0 Å². The average molecular weight is 274 g/mol. The van der Waals surface area contributed by atoms with Gasteiger partial charge in [-0.3, -0.25) is 9.78 Å². The van der Waals surface area contributed by atoms with E-state index in [4.69, 9.17) is 4.84 Å². The monoisotopic (exact) mass is 274 g/mol. The average Bonchev–Trinajstić information content (AvgIpc) is 2.86. The number of aromatic nitrogens is 1. The highest BCUT2D eigenvalue weighted by molar-refractivity contribution is 6.43. The summed E-state index contributed by atoms with van der Waals surface area (Å²) in [5.41, 5.74) is 1.72. The lowest BCUT2D eigenvalue weighted by Gasteiger charge is -2.30. The number of carbonyl (C=O) groups excluding carboxylic acids is 1. The molecule has 1 spiro atoms. The van der Waals surface area contributed by atoms with Crippen molar-refractivity contribution in [2.45, 2.75) is 31.8 Å². The number of pyridine rings is 1. The van der Waals surface area contributed by atoms with Crippen LogP contribution >= 0.6 is 0 Å². The molecular weight excluding hydrogens is 256 g/mol. The number of hydrogen-bond donors (Lipinski definition) is 2. The Bertz CT molecular complexity index is 533. The van der Waals surface area contributed by atoms with E-state index in [1.54, 1.807) is 6.20 Å². The molecule has 0 radical (unpaired) electrons. The van der Waals surface area contributed by atoms with Crippen LogP contribution in [0.2, 0.25) is 0 Å². The summed E-state index contributed by atoms with van der Waals surface area (Å²) in [6, 6.07) is 3.68. The number of amides is 1. The summed E-state index contributed by atoms with van der Waals surface area (Å²) in [6.45, 7) is 3.65. The van der Waals surface area contributed by atoms with Crippen LogP contribution in [0.5, 0.6) is 0 Å². The van der Waals surface area contributed by atoms with Crippen molar-refractivity contribution in [1.82, 2.24) is 10.3 Å². The number of aryl methyl sites for hydroxylation is 1. The van der Waals surface area contributed by atoms with Crippen LogP contribution in [0.3, 0.4) is 0 Å². The minimum absolute atomic E-state index is 0.210. The van der Waals surface area contributed by atoms with Gasteiger partial charge in [0.25, 0.3) is 5.91 Å². The van der Waals surface area contributed by atoms with Crippen molar-refractivity contribution in [3.8, 4) is 0 Å². The second-order valence-corrected chi connectivity index (χ2v) is 5.41. The quantitative estimate of drug-likeness (QED) is 0.850. The highest BCUT2D eigenvalue weighted by Crippen LogP contribution is 2.30. The van der Waals surface area contributed by atoms with Crippen LogP contribution < -0.4 is 10.6 Å². The van der Waals surface area contributed by atoms with Gasteiger partial charge in [0, 0.05) is 18.7 Å². The van der Waals surface area contributed by atoms with Crippen LogP contribution in [0.25, 0.3) is 0 Å². The van der Waals surface area contributed by atoms with Gasteiger partial charge in [-0.15, -0.1) is 0 Å². The molecular formula is C14H18N4O2. The molecule has 20 heavy (non-hydrogen) atoms. The molecule has 1 saturated heterocycles. The highest BCUT2D eigenvalue weighted by atomic mass is 16.7. The van der Waals surface area contributed by atoms with Gasteiger partial charge in [0.1, 0.15) is 5.71 Å². The van der Waals surface area contributed by atoms with E-state index in [0.717, 1.165) is 31.6 Å². The third-order valence-electron chi connectivity index (χ3n) is 3.70. The van der Waals surface area contributed by atoms with Crippen LogP contribution in [-0.2, 0) is 9.63 Å². The van der Waals surface area contributed by atoms with Crippen molar-refractivity contribution >= 4 is 17.3 Å². The summed E-state index contributed by atoms with van der Waals surface area (Å²) in [5, 5.41) is 10.1. The van der Waals surface area contributed by atoms with Crippen molar-refractivity contribution in [3.05, 3.63) is 24.0 Å². The standard InChI is InChI=1S/C14H18N4O2/c1-10-3-4-11(8-16-10)17-13(19)12-7-14(20-18-12)5-2-6-15-9-14/h3-4,8,15H,2,5-7,9H2,1H3,(H,17,19). The van der Waals surface area contributed by atoms with E-state index in [-0.39, 0.29) is 11.5 Å². The number of oxime groups is 1. The second kappa shape index (κ2) is 5.20. The van der Waals surface area contributed by atoms with Gasteiger partial charge in [0.15, 0.2) is 5.60 Å². The van der Waals surface area contributed by atoms with Gasteiger partial charge in [-0.1, -0.05) is 5.16 Å². The van der Waals surface area contributed by atoms with Crippen molar-refractivity contribution in [2.75, 3.05) is 18.4 Å². The van der Waals surface area contributed by atoms with Crippen LogP contribution in [0.4, 0.5) is 5.69 Å². The molecule has 3 rings (SSSR count). The predicted molar refractivity (Wildman–Crippen MR) is 75.6 cm³/mol. The fourth-order valence-corrected chi connectivity index (χ4v) is 2.56. The van der Waals surface area contributed by atoms with Crippen molar-refractivity contribution in [3.63, 3.8) is 0 Å². The van der Waals surface area contributed by atoms with Gasteiger partial charge >= 0.3 is 0 Å². The molecule has 1 fully saturated rings. The number of anilines is 1. The van der Waals surface area contributed by atoms with E-state index in [1.165, 1.54) is 0 Å². The van der Waals surface area contributed by atoms with Gasteiger partial charge in [0.05, 0.1) is 11.9 Å². The Labute approximate surface area is 117 Å². The Morgan fingerprint density at radius 2 is 2.40 bits per heavy atom. The third-order valence-corrected chi connectivity index (χ3v) is 3.70. The largest absolute Gasteiger partial charge is 0.387 e. The molecule has 2 N–H and O–H groups in total. The molecule has 0 saturated carbocycles. The molecule has 106 valence electrons. The SMILES string of the molecule is Cc1ccc(NC(=O)C2=NOC3(CCCNC3)C2)cn1. The summed E-state index contributed by atoms with van der Waals surface area (Å²) < 4.78 is 0. The lowest BCUT2D eigenvalue weighted by atomic mass is 9.89. The summed E-state index contributed by atoms with van der Waals surface area (Å²) >= 11 is 0. The van der Waals surface area contributed by atoms with E-state index < -0.39 is 0 Å². The maximum atomic E-state index is 12.2. The molecule has 3 heterocycles. The Balaban J connectivity index is 1.62. The Morgan fingerprint density at radius 3 is 3.10 bits per heavy atom. The predicted octanol–water partition coefficient (Wildman–Crippen LogP) is 1.23. The first-order chi connectivity index (χ1) is 9.67. The molecule has 0 aromatic carbocycles. The van der Waals surface area contributed by atoms with Gasteiger partial charge in [-0.25, -0.2) is 0 Å². The molecule has 1 amide bonds. The molecule has 2 aliphatic rings. The van der Waals surface area contributed by atoms with Crippen molar-refractivity contribution in [1.29, 1.82) is 0 Å². The van der Waals surface area contributed by atoms with Crippen molar-refractivity contribution in [2.24, 2.45) is 5.16 Å². The van der Waals surface area contributed by atoms with E-state index in [1.807, 2.05) is 19.1 Å². The molecule has 0 aliphatic carbocycles. The Kier molecular flexibility index (Phi) is 3.40. The molecule has 2 aliphatic heterocycles. The first-order valence-electron chi connectivity index (χ1n) is 6.87. The van der Waals surface area contributed by atoms with E-state index in [0.29, 0.717) is 17.8 Å². The highest BCUT2D eigenvalue weighted by Gasteiger charge is 2.42. The van der Waals surface area contributed by atoms with Crippen LogP contribution in [0.15, 0.2) is 23.5 Å². The lowest BCUT2D eigenvalue weighted by molar-refractivity contribution is -0.110. The van der Waals surface area contributed by atoms with Gasteiger partial charge < -0.3 is 15.5 Å². The number of carbonyl (C=O) groups is 1. The summed E-state index contributed by atoms with van der Waals surface area (Å²) in [5.74, 6) is -0.210. The normalized spacial score (nSPS) is 25.1. The molecule has 1 aromatic heterocycles. The fourth-order valence-electron chi connectivity index (χ4n) is 2.56.